The van der Waals surface area contributed by atoms with Gasteiger partial charge in [-0.3, -0.25) is 0 Å². The molecule has 0 radical (unpaired) electrons. The predicted octanol–water partition coefficient (Wildman–Crippen LogP) is 0.0798. The van der Waals surface area contributed by atoms with Crippen LogP contribution < -0.4 is 0 Å². The highest BCUT2D eigenvalue weighted by Crippen LogP contribution is 2.21. The molecule has 0 fully saturated rings. The average molecular weight is 226 g/mol. The van der Waals surface area contributed by atoms with E-state index >= 15 is 0 Å². The van der Waals surface area contributed by atoms with E-state index in [0.717, 1.165) is 0 Å². The van der Waals surface area contributed by atoms with Crippen LogP contribution in [-0.2, 0) is 0 Å². The monoisotopic (exact) mass is 226 g/mol. The number of aliphatic hydroxyl groups excluding tert-OH is 3. The van der Waals surface area contributed by atoms with Gasteiger partial charge in [0.25, 0.3) is 0 Å². The van der Waals surface area contributed by atoms with E-state index in [9.17, 15) is 15.0 Å². The fraction of sp³-hybridized carbons (Fsp3) is 0.364. The van der Waals surface area contributed by atoms with E-state index < -0.39 is 24.8 Å². The number of carboxylic acid groups (broad SMARTS) is 1. The molecule has 0 aliphatic rings. The van der Waals surface area contributed by atoms with Crippen molar-refractivity contribution in [2.45, 2.75) is 19.1 Å². The Balaban J connectivity index is 3.03. The zero-order valence-corrected chi connectivity index (χ0v) is 8.79. The Kier molecular flexibility index (Phi) is 4.00. The van der Waals surface area contributed by atoms with Crippen LogP contribution in [0.4, 0.5) is 0 Å². The highest BCUT2D eigenvalue weighted by molar-refractivity contribution is 5.87. The molecule has 4 N–H and O–H groups in total. The van der Waals surface area contributed by atoms with Crippen molar-refractivity contribution in [3.63, 3.8) is 0 Å². The Hall–Kier alpha value is -1.43. The number of hydrogen-bond donors (Lipinski definition) is 4. The standard InChI is InChI=1S/C11H14O5/c1-6-4-7(11(15)16)2-3-8(6)10(14)9(13)5-12/h2-4,9-10,12-14H,5H2,1H3,(H,15,16). The second-order valence-electron chi connectivity index (χ2n) is 3.57. The van der Waals surface area contributed by atoms with Crippen LogP contribution in [-0.4, -0.2) is 39.1 Å². The summed E-state index contributed by atoms with van der Waals surface area (Å²) in [5.74, 6) is -1.05. The number of aromatic carboxylic acids is 1. The van der Waals surface area contributed by atoms with Gasteiger partial charge in [0, 0.05) is 0 Å². The molecule has 0 aliphatic heterocycles. The minimum Gasteiger partial charge on any atom is -0.478 e. The number of aliphatic hydroxyl groups is 3. The summed E-state index contributed by atoms with van der Waals surface area (Å²) in [6, 6.07) is 4.19. The third kappa shape index (κ3) is 2.57. The first-order chi connectivity index (χ1) is 7.47. The summed E-state index contributed by atoms with van der Waals surface area (Å²) in [4.78, 5) is 10.7. The van der Waals surface area contributed by atoms with Crippen LogP contribution in [0.25, 0.3) is 0 Å². The topological polar surface area (TPSA) is 98.0 Å². The lowest BCUT2D eigenvalue weighted by atomic mass is 9.98. The maximum Gasteiger partial charge on any atom is 0.335 e. The first-order valence-electron chi connectivity index (χ1n) is 4.78. The third-order valence-corrected chi connectivity index (χ3v) is 2.39. The van der Waals surface area contributed by atoms with E-state index in [1.54, 1.807) is 6.92 Å². The largest absolute Gasteiger partial charge is 0.478 e. The molecule has 0 saturated heterocycles. The van der Waals surface area contributed by atoms with Gasteiger partial charge in [0.1, 0.15) is 12.2 Å². The minimum atomic E-state index is -1.27. The van der Waals surface area contributed by atoms with E-state index in [1.807, 2.05) is 0 Å². The first kappa shape index (κ1) is 12.6. The molecule has 1 aromatic carbocycles. The summed E-state index contributed by atoms with van der Waals surface area (Å²) in [6.45, 7) is 1.08. The number of aryl methyl sites for hydroxylation is 1. The van der Waals surface area contributed by atoms with Gasteiger partial charge >= 0.3 is 5.97 Å². The van der Waals surface area contributed by atoms with Gasteiger partial charge < -0.3 is 20.4 Å². The van der Waals surface area contributed by atoms with E-state index in [2.05, 4.69) is 0 Å². The van der Waals surface area contributed by atoms with Crippen LogP contribution >= 0.6 is 0 Å². The molecule has 5 nitrogen and oxygen atoms in total. The van der Waals surface area contributed by atoms with Crippen LogP contribution in [0.15, 0.2) is 18.2 Å². The fourth-order valence-electron chi connectivity index (χ4n) is 1.45. The zero-order chi connectivity index (χ0) is 12.3. The second-order valence-corrected chi connectivity index (χ2v) is 3.57. The van der Waals surface area contributed by atoms with Crippen molar-refractivity contribution in [3.8, 4) is 0 Å². The molecule has 0 amide bonds. The SMILES string of the molecule is Cc1cc(C(=O)O)ccc1C(O)C(O)CO. The van der Waals surface area contributed by atoms with Gasteiger partial charge in [-0.15, -0.1) is 0 Å². The molecule has 1 rings (SSSR count). The van der Waals surface area contributed by atoms with Gasteiger partial charge in [0.2, 0.25) is 0 Å². The van der Waals surface area contributed by atoms with Crippen molar-refractivity contribution in [3.05, 3.63) is 34.9 Å². The molecule has 16 heavy (non-hydrogen) atoms. The summed E-state index contributed by atoms with van der Waals surface area (Å²) >= 11 is 0. The van der Waals surface area contributed by atoms with Gasteiger partial charge in [0.05, 0.1) is 12.2 Å². The molecule has 0 spiro atoms. The number of carbonyl (C=O) groups is 1. The zero-order valence-electron chi connectivity index (χ0n) is 8.79. The Morgan fingerprint density at radius 3 is 2.44 bits per heavy atom. The van der Waals surface area contributed by atoms with Gasteiger partial charge in [-0.25, -0.2) is 4.79 Å². The molecule has 0 aliphatic carbocycles. The average Bonchev–Trinajstić information content (AvgIpc) is 2.26. The molecular weight excluding hydrogens is 212 g/mol. The molecule has 0 heterocycles. The first-order valence-corrected chi connectivity index (χ1v) is 4.78. The molecule has 5 heteroatoms. The number of rotatable bonds is 4. The molecule has 88 valence electrons. The lowest BCUT2D eigenvalue weighted by Gasteiger charge is -2.18. The normalized spacial score (nSPS) is 14.5. The van der Waals surface area contributed by atoms with Crippen molar-refractivity contribution in [1.29, 1.82) is 0 Å². The van der Waals surface area contributed by atoms with Crippen LogP contribution in [0.3, 0.4) is 0 Å². The van der Waals surface area contributed by atoms with E-state index in [4.69, 9.17) is 10.2 Å². The quantitative estimate of drug-likeness (QED) is 0.583. The van der Waals surface area contributed by atoms with E-state index in [1.165, 1.54) is 18.2 Å². The van der Waals surface area contributed by atoms with Crippen molar-refractivity contribution in [1.82, 2.24) is 0 Å². The van der Waals surface area contributed by atoms with Crippen molar-refractivity contribution in [2.24, 2.45) is 0 Å². The van der Waals surface area contributed by atoms with Crippen molar-refractivity contribution in [2.75, 3.05) is 6.61 Å². The van der Waals surface area contributed by atoms with Gasteiger partial charge in [-0.05, 0) is 30.2 Å². The molecule has 0 bridgehead atoms. The second kappa shape index (κ2) is 5.07. The minimum absolute atomic E-state index is 0.118. The van der Waals surface area contributed by atoms with Gasteiger partial charge in [0.15, 0.2) is 0 Å². The van der Waals surface area contributed by atoms with Gasteiger partial charge in [-0.2, -0.15) is 0 Å². The van der Waals surface area contributed by atoms with E-state index in [0.29, 0.717) is 11.1 Å². The molecule has 2 unspecified atom stereocenters. The summed E-state index contributed by atoms with van der Waals surface area (Å²) in [6.07, 6.45) is -2.48. The smallest absolute Gasteiger partial charge is 0.335 e. The lowest BCUT2D eigenvalue weighted by Crippen LogP contribution is -2.22. The number of carboxylic acids is 1. The summed E-state index contributed by atoms with van der Waals surface area (Å²) in [7, 11) is 0. The summed E-state index contributed by atoms with van der Waals surface area (Å²) < 4.78 is 0. The van der Waals surface area contributed by atoms with Crippen LogP contribution in [0.5, 0.6) is 0 Å². The molecule has 1 aromatic rings. The van der Waals surface area contributed by atoms with E-state index in [-0.39, 0.29) is 5.56 Å². The lowest BCUT2D eigenvalue weighted by molar-refractivity contribution is -0.0155. The molecule has 2 atom stereocenters. The highest BCUT2D eigenvalue weighted by atomic mass is 16.4. The van der Waals surface area contributed by atoms with Crippen LogP contribution in [0, 0.1) is 6.92 Å². The molecular formula is C11H14O5. The van der Waals surface area contributed by atoms with Crippen LogP contribution in [0.2, 0.25) is 0 Å². The maximum atomic E-state index is 10.7. The Bertz CT molecular complexity index is 388. The van der Waals surface area contributed by atoms with Crippen molar-refractivity contribution >= 4 is 5.97 Å². The molecule has 0 saturated carbocycles. The third-order valence-electron chi connectivity index (χ3n) is 2.39. The Labute approximate surface area is 92.6 Å². The maximum absolute atomic E-state index is 10.7. The highest BCUT2D eigenvalue weighted by Gasteiger charge is 2.19. The van der Waals surface area contributed by atoms with Gasteiger partial charge in [-0.1, -0.05) is 6.07 Å². The summed E-state index contributed by atoms with van der Waals surface area (Å²) in [5, 5.41) is 36.3. The Morgan fingerprint density at radius 2 is 2.00 bits per heavy atom. The number of benzene rings is 1. The summed E-state index contributed by atoms with van der Waals surface area (Å²) in [5.41, 5.74) is 1.08. The van der Waals surface area contributed by atoms with Crippen LogP contribution in [0.1, 0.15) is 27.6 Å². The number of hydrogen-bond acceptors (Lipinski definition) is 4. The fourth-order valence-corrected chi connectivity index (χ4v) is 1.45. The molecule has 0 aromatic heterocycles. The predicted molar refractivity (Wildman–Crippen MR) is 56.2 cm³/mol. The van der Waals surface area contributed by atoms with Crippen molar-refractivity contribution < 1.29 is 25.2 Å². The Morgan fingerprint density at radius 1 is 1.38 bits per heavy atom.